The van der Waals surface area contributed by atoms with E-state index in [0.717, 1.165) is 33.9 Å². The summed E-state index contributed by atoms with van der Waals surface area (Å²) in [5.41, 5.74) is 1.97. The minimum absolute atomic E-state index is 0.102. The molecule has 29 heavy (non-hydrogen) atoms. The normalized spacial score (nSPS) is 16.0. The van der Waals surface area contributed by atoms with Crippen LogP contribution in [0.25, 0.3) is 10.4 Å². The van der Waals surface area contributed by atoms with E-state index in [4.69, 9.17) is 0 Å². The molecule has 1 saturated heterocycles. The summed E-state index contributed by atoms with van der Waals surface area (Å²) in [5.74, 6) is 0. The Morgan fingerprint density at radius 2 is 2.07 bits per heavy atom. The summed E-state index contributed by atoms with van der Waals surface area (Å²) < 4.78 is 0. The lowest BCUT2D eigenvalue weighted by molar-refractivity contribution is -0.384. The molecule has 1 atom stereocenters. The number of hydrogen-bond donors (Lipinski definition) is 1. The minimum Gasteiger partial charge on any atom is -0.315 e. The maximum Gasteiger partial charge on any atom is 0.322 e. The zero-order valence-electron chi connectivity index (χ0n) is 15.9. The van der Waals surface area contributed by atoms with Gasteiger partial charge in [0.2, 0.25) is 0 Å². The number of amides is 2. The SMILES string of the molecule is Cc1ccc(NC(=O)N2CCC[C@H]2c2ncc(-c3ccccc3)s2)c([N+](=O)[O-])c1. The lowest BCUT2D eigenvalue weighted by atomic mass is 10.2. The number of nitrogens with zero attached hydrogens (tertiary/aromatic N) is 3. The lowest BCUT2D eigenvalue weighted by Crippen LogP contribution is -2.34. The standard InChI is InChI=1S/C21H20N4O3S/c1-14-9-10-16(18(12-14)25(27)28)23-21(26)24-11-5-8-17(24)20-22-13-19(29-20)15-6-3-2-4-7-15/h2-4,6-7,9-10,12-13,17H,5,8,11H2,1H3,(H,23,26)/t17-/m0/s1. The Labute approximate surface area is 172 Å². The van der Waals surface area contributed by atoms with Crippen molar-refractivity contribution in [3.63, 3.8) is 0 Å². The molecule has 1 aliphatic heterocycles. The summed E-state index contributed by atoms with van der Waals surface area (Å²) in [6.07, 6.45) is 3.54. The van der Waals surface area contributed by atoms with E-state index in [9.17, 15) is 14.9 Å². The summed E-state index contributed by atoms with van der Waals surface area (Å²) in [7, 11) is 0. The lowest BCUT2D eigenvalue weighted by Gasteiger charge is -2.23. The van der Waals surface area contributed by atoms with Crippen molar-refractivity contribution in [1.82, 2.24) is 9.88 Å². The van der Waals surface area contributed by atoms with Gasteiger partial charge >= 0.3 is 6.03 Å². The van der Waals surface area contributed by atoms with Gasteiger partial charge in [-0.3, -0.25) is 10.1 Å². The highest BCUT2D eigenvalue weighted by Crippen LogP contribution is 2.37. The summed E-state index contributed by atoms with van der Waals surface area (Å²) in [6, 6.07) is 14.3. The molecule has 0 radical (unpaired) electrons. The summed E-state index contributed by atoms with van der Waals surface area (Å²) in [5, 5.41) is 14.9. The fourth-order valence-corrected chi connectivity index (χ4v) is 4.60. The van der Waals surface area contributed by atoms with Gasteiger partial charge in [0.05, 0.1) is 15.8 Å². The van der Waals surface area contributed by atoms with Crippen LogP contribution < -0.4 is 5.32 Å². The number of thiazole rings is 1. The minimum atomic E-state index is -0.475. The summed E-state index contributed by atoms with van der Waals surface area (Å²) >= 11 is 1.58. The molecule has 2 amide bonds. The van der Waals surface area contributed by atoms with Crippen molar-refractivity contribution >= 4 is 28.7 Å². The number of nitrogens with one attached hydrogen (secondary N) is 1. The van der Waals surface area contributed by atoms with Crippen molar-refractivity contribution < 1.29 is 9.72 Å². The number of hydrogen-bond acceptors (Lipinski definition) is 5. The highest BCUT2D eigenvalue weighted by Gasteiger charge is 2.33. The van der Waals surface area contributed by atoms with Gasteiger partial charge < -0.3 is 10.2 Å². The van der Waals surface area contributed by atoms with E-state index in [1.807, 2.05) is 36.5 Å². The van der Waals surface area contributed by atoms with Gasteiger partial charge in [-0.15, -0.1) is 11.3 Å². The van der Waals surface area contributed by atoms with Crippen LogP contribution in [0.4, 0.5) is 16.2 Å². The molecule has 148 valence electrons. The average molecular weight is 408 g/mol. The molecule has 0 spiro atoms. The first-order chi connectivity index (χ1) is 14.0. The quantitative estimate of drug-likeness (QED) is 0.463. The molecule has 1 fully saturated rings. The highest BCUT2D eigenvalue weighted by atomic mass is 32.1. The van der Waals surface area contributed by atoms with Crippen molar-refractivity contribution in [3.05, 3.63) is 75.4 Å². The van der Waals surface area contributed by atoms with Crippen molar-refractivity contribution in [3.8, 4) is 10.4 Å². The van der Waals surface area contributed by atoms with Crippen LogP contribution in [0.3, 0.4) is 0 Å². The molecule has 3 aromatic rings. The molecule has 1 aromatic heterocycles. The Morgan fingerprint density at radius 1 is 1.28 bits per heavy atom. The van der Waals surface area contributed by atoms with Crippen LogP contribution in [0.1, 0.15) is 29.5 Å². The maximum atomic E-state index is 12.9. The van der Waals surface area contributed by atoms with Crippen molar-refractivity contribution in [2.24, 2.45) is 0 Å². The van der Waals surface area contributed by atoms with E-state index in [1.54, 1.807) is 35.3 Å². The van der Waals surface area contributed by atoms with Gasteiger partial charge in [-0.1, -0.05) is 36.4 Å². The number of nitro groups is 1. The molecule has 2 heterocycles. The number of urea groups is 1. The number of carbonyl (C=O) groups excluding carboxylic acids is 1. The van der Waals surface area contributed by atoms with Crippen LogP contribution in [0.2, 0.25) is 0 Å². The Kier molecular flexibility index (Phi) is 5.26. The highest BCUT2D eigenvalue weighted by molar-refractivity contribution is 7.15. The number of nitro benzene ring substituents is 1. The number of carbonyl (C=O) groups is 1. The molecule has 4 rings (SSSR count). The van der Waals surface area contributed by atoms with Gasteiger partial charge in [0.1, 0.15) is 10.7 Å². The van der Waals surface area contributed by atoms with Crippen LogP contribution in [0.15, 0.2) is 54.7 Å². The molecule has 0 aliphatic carbocycles. The van der Waals surface area contributed by atoms with Crippen LogP contribution >= 0.6 is 11.3 Å². The Bertz CT molecular complexity index is 1050. The number of aromatic nitrogens is 1. The molecule has 0 unspecified atom stereocenters. The van der Waals surface area contributed by atoms with Crippen LogP contribution in [0, 0.1) is 17.0 Å². The second-order valence-corrected chi connectivity index (χ2v) is 8.05. The monoisotopic (exact) mass is 408 g/mol. The van der Waals surface area contributed by atoms with Gasteiger partial charge in [-0.05, 0) is 37.0 Å². The van der Waals surface area contributed by atoms with E-state index in [-0.39, 0.29) is 23.4 Å². The van der Waals surface area contributed by atoms with Gasteiger partial charge in [-0.25, -0.2) is 9.78 Å². The molecule has 1 aliphatic rings. The van der Waals surface area contributed by atoms with Crippen molar-refractivity contribution in [1.29, 1.82) is 0 Å². The van der Waals surface area contributed by atoms with Gasteiger partial charge in [0.15, 0.2) is 0 Å². The zero-order valence-corrected chi connectivity index (χ0v) is 16.7. The molecule has 0 bridgehead atoms. The van der Waals surface area contributed by atoms with Crippen molar-refractivity contribution in [2.45, 2.75) is 25.8 Å². The molecular formula is C21H20N4O3S. The number of benzene rings is 2. The Balaban J connectivity index is 1.54. The molecule has 1 N–H and O–H groups in total. The van der Waals surface area contributed by atoms with Crippen LogP contribution in [-0.4, -0.2) is 27.4 Å². The second-order valence-electron chi connectivity index (χ2n) is 6.99. The first-order valence-corrected chi connectivity index (χ1v) is 10.2. The predicted molar refractivity (Wildman–Crippen MR) is 113 cm³/mol. The zero-order chi connectivity index (χ0) is 20.4. The Hall–Kier alpha value is -3.26. The van der Waals surface area contributed by atoms with Crippen LogP contribution in [-0.2, 0) is 0 Å². The average Bonchev–Trinajstić information content (AvgIpc) is 3.39. The third-order valence-electron chi connectivity index (χ3n) is 4.97. The maximum absolute atomic E-state index is 12.9. The van der Waals surface area contributed by atoms with E-state index >= 15 is 0 Å². The first-order valence-electron chi connectivity index (χ1n) is 9.37. The Morgan fingerprint density at radius 3 is 2.83 bits per heavy atom. The molecule has 7 nitrogen and oxygen atoms in total. The third kappa shape index (κ3) is 3.97. The molecule has 2 aromatic carbocycles. The van der Waals surface area contributed by atoms with E-state index in [2.05, 4.69) is 10.3 Å². The molecule has 0 saturated carbocycles. The number of anilines is 1. The van der Waals surface area contributed by atoms with E-state index in [0.29, 0.717) is 6.54 Å². The predicted octanol–water partition coefficient (Wildman–Crippen LogP) is 5.40. The molecule has 8 heteroatoms. The topological polar surface area (TPSA) is 88.4 Å². The number of aryl methyl sites for hydroxylation is 1. The number of rotatable bonds is 4. The molecular weight excluding hydrogens is 388 g/mol. The first kappa shape index (κ1) is 19.1. The van der Waals surface area contributed by atoms with Gasteiger partial charge in [0, 0.05) is 18.8 Å². The van der Waals surface area contributed by atoms with Crippen molar-refractivity contribution in [2.75, 3.05) is 11.9 Å². The summed E-state index contributed by atoms with van der Waals surface area (Å²) in [4.78, 5) is 31.1. The van der Waals surface area contributed by atoms with Gasteiger partial charge in [0.25, 0.3) is 5.69 Å². The van der Waals surface area contributed by atoms with E-state index < -0.39 is 4.92 Å². The smallest absolute Gasteiger partial charge is 0.315 e. The van der Waals surface area contributed by atoms with Gasteiger partial charge in [-0.2, -0.15) is 0 Å². The summed E-state index contributed by atoms with van der Waals surface area (Å²) in [6.45, 7) is 2.37. The van der Waals surface area contributed by atoms with Crippen LogP contribution in [0.5, 0.6) is 0 Å². The fourth-order valence-electron chi connectivity index (χ4n) is 3.53. The second kappa shape index (κ2) is 8.00. The number of likely N-dealkylation sites (tertiary alicyclic amines) is 1. The fraction of sp³-hybridized carbons (Fsp3) is 0.238. The van der Waals surface area contributed by atoms with E-state index in [1.165, 1.54) is 6.07 Å². The third-order valence-corrected chi connectivity index (χ3v) is 6.12. The largest absolute Gasteiger partial charge is 0.322 e.